The molecule has 2 unspecified atom stereocenters. The number of non-ortho nitro benzene ring substituents is 1. The molecule has 1 aromatic carbocycles. The van der Waals surface area contributed by atoms with Gasteiger partial charge in [0.05, 0.1) is 16.0 Å². The molecule has 0 radical (unpaired) electrons. The van der Waals surface area contributed by atoms with E-state index in [0.29, 0.717) is 16.8 Å². The standard InChI is InChI=1S/C16H20N4O2/c1-11(17)12-4-3-9-19(10-12)15-7-6-14(20(21)22)13-5-2-8-18-16(13)15/h2,5-8,11-12H,3-4,9-10,17H2,1H3. The van der Waals surface area contributed by atoms with E-state index in [0.717, 1.165) is 31.6 Å². The molecule has 6 nitrogen and oxygen atoms in total. The molecule has 0 saturated carbocycles. The Balaban J connectivity index is 2.04. The van der Waals surface area contributed by atoms with Crippen LogP contribution in [0.2, 0.25) is 0 Å². The van der Waals surface area contributed by atoms with E-state index < -0.39 is 0 Å². The van der Waals surface area contributed by atoms with Gasteiger partial charge in [-0.3, -0.25) is 15.1 Å². The number of fused-ring (bicyclic) bond motifs is 1. The SMILES string of the molecule is CC(N)C1CCCN(c2ccc([N+](=O)[O-])c3cccnc23)C1. The molecule has 2 aromatic rings. The van der Waals surface area contributed by atoms with Gasteiger partial charge in [0.15, 0.2) is 0 Å². The van der Waals surface area contributed by atoms with Crippen molar-refractivity contribution in [3.05, 3.63) is 40.6 Å². The molecule has 0 aliphatic carbocycles. The highest BCUT2D eigenvalue weighted by atomic mass is 16.6. The number of nitrogens with zero attached hydrogens (tertiary/aromatic N) is 3. The maximum absolute atomic E-state index is 11.2. The molecule has 0 amide bonds. The van der Waals surface area contributed by atoms with Gasteiger partial charge in [-0.15, -0.1) is 0 Å². The van der Waals surface area contributed by atoms with E-state index in [1.54, 1.807) is 24.4 Å². The lowest BCUT2D eigenvalue weighted by Gasteiger charge is -2.36. The number of rotatable bonds is 3. The van der Waals surface area contributed by atoms with E-state index in [1.165, 1.54) is 0 Å². The zero-order valence-corrected chi connectivity index (χ0v) is 12.6. The number of aromatic nitrogens is 1. The fourth-order valence-corrected chi connectivity index (χ4v) is 3.22. The Hall–Kier alpha value is -2.21. The Labute approximate surface area is 129 Å². The average molecular weight is 300 g/mol. The van der Waals surface area contributed by atoms with Crippen LogP contribution in [-0.4, -0.2) is 29.0 Å². The Morgan fingerprint density at radius 2 is 2.27 bits per heavy atom. The van der Waals surface area contributed by atoms with Crippen molar-refractivity contribution in [2.75, 3.05) is 18.0 Å². The van der Waals surface area contributed by atoms with Crippen molar-refractivity contribution in [2.45, 2.75) is 25.8 Å². The van der Waals surface area contributed by atoms with E-state index in [1.807, 2.05) is 13.0 Å². The summed E-state index contributed by atoms with van der Waals surface area (Å²) in [6.45, 7) is 3.86. The maximum atomic E-state index is 11.2. The number of piperidine rings is 1. The van der Waals surface area contributed by atoms with Gasteiger partial charge in [0.2, 0.25) is 0 Å². The summed E-state index contributed by atoms with van der Waals surface area (Å²) >= 11 is 0. The minimum atomic E-state index is -0.352. The molecule has 1 saturated heterocycles. The minimum absolute atomic E-state index is 0.104. The number of anilines is 1. The molecular formula is C16H20N4O2. The molecule has 1 aliphatic rings. The molecule has 1 aromatic heterocycles. The van der Waals surface area contributed by atoms with Gasteiger partial charge in [-0.05, 0) is 43.9 Å². The highest BCUT2D eigenvalue weighted by Crippen LogP contribution is 2.34. The first-order chi connectivity index (χ1) is 10.6. The van der Waals surface area contributed by atoms with Gasteiger partial charge in [0.1, 0.15) is 5.52 Å². The highest BCUT2D eigenvalue weighted by molar-refractivity contribution is 5.97. The van der Waals surface area contributed by atoms with Crippen molar-refractivity contribution in [3.8, 4) is 0 Å². The van der Waals surface area contributed by atoms with Gasteiger partial charge >= 0.3 is 0 Å². The van der Waals surface area contributed by atoms with E-state index in [4.69, 9.17) is 5.73 Å². The summed E-state index contributed by atoms with van der Waals surface area (Å²) in [5.74, 6) is 0.447. The Morgan fingerprint density at radius 1 is 1.45 bits per heavy atom. The lowest BCUT2D eigenvalue weighted by Crippen LogP contribution is -2.42. The molecule has 3 rings (SSSR count). The van der Waals surface area contributed by atoms with Gasteiger partial charge in [0.25, 0.3) is 5.69 Å². The second kappa shape index (κ2) is 5.88. The predicted octanol–water partition coefficient (Wildman–Crippen LogP) is 2.71. The molecule has 2 atom stereocenters. The van der Waals surface area contributed by atoms with Crippen LogP contribution in [0.25, 0.3) is 10.9 Å². The number of hydrogen-bond acceptors (Lipinski definition) is 5. The van der Waals surface area contributed by atoms with Crippen molar-refractivity contribution >= 4 is 22.3 Å². The summed E-state index contributed by atoms with van der Waals surface area (Å²) in [7, 11) is 0. The number of nitro groups is 1. The van der Waals surface area contributed by atoms with Crippen LogP contribution in [0.3, 0.4) is 0 Å². The molecular weight excluding hydrogens is 280 g/mol. The first-order valence-electron chi connectivity index (χ1n) is 7.60. The van der Waals surface area contributed by atoms with Gasteiger partial charge < -0.3 is 10.6 Å². The van der Waals surface area contributed by atoms with Crippen LogP contribution in [0.5, 0.6) is 0 Å². The fraction of sp³-hybridized carbons (Fsp3) is 0.438. The van der Waals surface area contributed by atoms with Crippen LogP contribution in [0, 0.1) is 16.0 Å². The van der Waals surface area contributed by atoms with Gasteiger partial charge in [-0.25, -0.2) is 0 Å². The van der Waals surface area contributed by atoms with Crippen molar-refractivity contribution < 1.29 is 4.92 Å². The predicted molar refractivity (Wildman–Crippen MR) is 87.0 cm³/mol. The molecule has 2 N–H and O–H groups in total. The second-order valence-corrected chi connectivity index (χ2v) is 5.97. The number of benzene rings is 1. The molecule has 0 bridgehead atoms. The highest BCUT2D eigenvalue weighted by Gasteiger charge is 2.25. The summed E-state index contributed by atoms with van der Waals surface area (Å²) in [4.78, 5) is 17.5. The Morgan fingerprint density at radius 3 is 3.00 bits per heavy atom. The van der Waals surface area contributed by atoms with Crippen molar-refractivity contribution in [1.29, 1.82) is 0 Å². The van der Waals surface area contributed by atoms with Gasteiger partial charge in [-0.2, -0.15) is 0 Å². The number of nitro benzene ring substituents is 1. The van der Waals surface area contributed by atoms with E-state index in [9.17, 15) is 10.1 Å². The first-order valence-corrected chi connectivity index (χ1v) is 7.60. The number of hydrogen-bond donors (Lipinski definition) is 1. The molecule has 6 heteroatoms. The number of pyridine rings is 1. The van der Waals surface area contributed by atoms with Crippen molar-refractivity contribution in [3.63, 3.8) is 0 Å². The molecule has 1 aliphatic heterocycles. The van der Waals surface area contributed by atoms with E-state index in [2.05, 4.69) is 9.88 Å². The molecule has 116 valence electrons. The lowest BCUT2D eigenvalue weighted by atomic mass is 9.91. The second-order valence-electron chi connectivity index (χ2n) is 5.97. The van der Waals surface area contributed by atoms with Crippen LogP contribution >= 0.6 is 0 Å². The normalized spacial score (nSPS) is 20.1. The zero-order chi connectivity index (χ0) is 15.7. The summed E-state index contributed by atoms with van der Waals surface area (Å²) in [5, 5.41) is 11.8. The number of nitrogens with two attached hydrogens (primary N) is 1. The van der Waals surface area contributed by atoms with Gasteiger partial charge in [-0.1, -0.05) is 0 Å². The zero-order valence-electron chi connectivity index (χ0n) is 12.6. The minimum Gasteiger partial charge on any atom is -0.369 e. The smallest absolute Gasteiger partial charge is 0.278 e. The fourth-order valence-electron chi connectivity index (χ4n) is 3.22. The molecule has 22 heavy (non-hydrogen) atoms. The van der Waals surface area contributed by atoms with Crippen molar-refractivity contribution in [2.24, 2.45) is 11.7 Å². The summed E-state index contributed by atoms with van der Waals surface area (Å²) < 4.78 is 0. The Bertz CT molecular complexity index is 702. The lowest BCUT2D eigenvalue weighted by molar-refractivity contribution is -0.383. The monoisotopic (exact) mass is 300 g/mol. The largest absolute Gasteiger partial charge is 0.369 e. The maximum Gasteiger partial charge on any atom is 0.278 e. The molecule has 2 heterocycles. The van der Waals surface area contributed by atoms with Crippen LogP contribution in [0.1, 0.15) is 19.8 Å². The van der Waals surface area contributed by atoms with Crippen LogP contribution in [-0.2, 0) is 0 Å². The van der Waals surface area contributed by atoms with E-state index in [-0.39, 0.29) is 16.7 Å². The summed E-state index contributed by atoms with van der Waals surface area (Å²) in [6, 6.07) is 7.04. The molecule has 0 spiro atoms. The third-order valence-corrected chi connectivity index (χ3v) is 4.46. The Kier molecular flexibility index (Phi) is 3.94. The third kappa shape index (κ3) is 2.62. The first kappa shape index (κ1) is 14.7. The summed E-state index contributed by atoms with van der Waals surface area (Å²) in [5.41, 5.74) is 7.82. The quantitative estimate of drug-likeness (QED) is 0.696. The van der Waals surface area contributed by atoms with Crippen LogP contribution in [0.15, 0.2) is 30.5 Å². The van der Waals surface area contributed by atoms with Crippen LogP contribution in [0.4, 0.5) is 11.4 Å². The average Bonchev–Trinajstić information content (AvgIpc) is 2.53. The summed E-state index contributed by atoms with van der Waals surface area (Å²) in [6.07, 6.45) is 3.90. The van der Waals surface area contributed by atoms with Crippen LogP contribution < -0.4 is 10.6 Å². The van der Waals surface area contributed by atoms with Gasteiger partial charge in [0, 0.05) is 31.4 Å². The topological polar surface area (TPSA) is 85.3 Å². The van der Waals surface area contributed by atoms with E-state index >= 15 is 0 Å². The van der Waals surface area contributed by atoms with Crippen molar-refractivity contribution in [1.82, 2.24) is 4.98 Å². The molecule has 1 fully saturated rings. The third-order valence-electron chi connectivity index (χ3n) is 4.46.